The Morgan fingerprint density at radius 3 is 2.25 bits per heavy atom. The molecular formula is C13H18O3. The first kappa shape index (κ1) is 12.6. The highest BCUT2D eigenvalue weighted by atomic mass is 16.3. The molecule has 1 rings (SSSR count). The van der Waals surface area contributed by atoms with Gasteiger partial charge in [0.2, 0.25) is 0 Å². The van der Waals surface area contributed by atoms with Gasteiger partial charge in [0.25, 0.3) is 0 Å². The van der Waals surface area contributed by atoms with Crippen LogP contribution in [0.3, 0.4) is 0 Å². The topological polar surface area (TPSA) is 57.5 Å². The van der Waals surface area contributed by atoms with Gasteiger partial charge in [0.1, 0.15) is 11.5 Å². The number of Topliss-reactive ketones (excluding diaryl/α,β-unsaturated/α-hetero) is 1. The molecule has 0 amide bonds. The van der Waals surface area contributed by atoms with Crippen molar-refractivity contribution in [3.05, 3.63) is 23.3 Å². The van der Waals surface area contributed by atoms with E-state index in [-0.39, 0.29) is 28.3 Å². The van der Waals surface area contributed by atoms with Gasteiger partial charge in [-0.05, 0) is 24.8 Å². The van der Waals surface area contributed by atoms with Crippen molar-refractivity contribution < 1.29 is 15.0 Å². The Kier molecular flexibility index (Phi) is 3.27. The van der Waals surface area contributed by atoms with E-state index in [2.05, 4.69) is 0 Å². The predicted octanol–water partition coefficient (Wildman–Crippen LogP) is 2.99. The maximum absolute atomic E-state index is 11.3. The van der Waals surface area contributed by atoms with Crippen LogP contribution in [0.4, 0.5) is 0 Å². The first-order chi connectivity index (χ1) is 7.29. The monoisotopic (exact) mass is 222 g/mol. The molecule has 0 atom stereocenters. The molecule has 0 saturated heterocycles. The van der Waals surface area contributed by atoms with Gasteiger partial charge in [-0.15, -0.1) is 0 Å². The van der Waals surface area contributed by atoms with Crippen LogP contribution in [0.1, 0.15) is 50.0 Å². The molecule has 0 heterocycles. The highest BCUT2D eigenvalue weighted by Gasteiger charge is 2.24. The molecule has 1 aromatic carbocycles. The molecule has 0 fully saturated rings. The van der Waals surface area contributed by atoms with Gasteiger partial charge in [-0.1, -0.05) is 20.8 Å². The van der Waals surface area contributed by atoms with E-state index in [0.717, 1.165) is 6.42 Å². The van der Waals surface area contributed by atoms with Crippen molar-refractivity contribution in [2.75, 3.05) is 0 Å². The Labute approximate surface area is 95.7 Å². The lowest BCUT2D eigenvalue weighted by Gasteiger charge is -2.25. The summed E-state index contributed by atoms with van der Waals surface area (Å²) < 4.78 is 0. The van der Waals surface area contributed by atoms with Gasteiger partial charge >= 0.3 is 0 Å². The van der Waals surface area contributed by atoms with E-state index < -0.39 is 0 Å². The number of carbonyl (C=O) groups is 1. The van der Waals surface area contributed by atoms with Crippen LogP contribution in [0.5, 0.6) is 11.5 Å². The smallest absolute Gasteiger partial charge is 0.163 e. The van der Waals surface area contributed by atoms with Crippen LogP contribution in [0.2, 0.25) is 0 Å². The van der Waals surface area contributed by atoms with Crippen LogP contribution >= 0.6 is 0 Å². The zero-order valence-electron chi connectivity index (χ0n) is 10.2. The molecule has 3 heteroatoms. The number of benzene rings is 1. The fourth-order valence-electron chi connectivity index (χ4n) is 1.59. The third-order valence-corrected chi connectivity index (χ3v) is 3.11. The molecule has 2 N–H and O–H groups in total. The first-order valence-corrected chi connectivity index (χ1v) is 5.37. The average Bonchev–Trinajstić information content (AvgIpc) is 2.16. The quantitative estimate of drug-likeness (QED) is 0.773. The SMILES string of the molecule is CCC(C)(C)c1cc(C(C)=O)c(O)cc1O. The van der Waals surface area contributed by atoms with Gasteiger partial charge in [-0.2, -0.15) is 0 Å². The first-order valence-electron chi connectivity index (χ1n) is 5.37. The van der Waals surface area contributed by atoms with Gasteiger partial charge in [-0.3, -0.25) is 4.79 Å². The number of phenols is 2. The van der Waals surface area contributed by atoms with Crippen LogP contribution in [-0.2, 0) is 5.41 Å². The van der Waals surface area contributed by atoms with Crippen LogP contribution in [0.25, 0.3) is 0 Å². The standard InChI is InChI=1S/C13H18O3/c1-5-13(3,4)10-6-9(8(2)14)11(15)7-12(10)16/h6-7,15-16H,5H2,1-4H3. The molecule has 0 spiro atoms. The molecule has 0 aromatic heterocycles. The molecule has 0 unspecified atom stereocenters. The molecule has 0 aliphatic heterocycles. The van der Waals surface area contributed by atoms with Gasteiger partial charge in [0.15, 0.2) is 5.78 Å². The van der Waals surface area contributed by atoms with Crippen LogP contribution < -0.4 is 0 Å². The third kappa shape index (κ3) is 2.18. The number of rotatable bonds is 3. The fourth-order valence-corrected chi connectivity index (χ4v) is 1.59. The summed E-state index contributed by atoms with van der Waals surface area (Å²) in [6.07, 6.45) is 0.836. The molecule has 3 nitrogen and oxygen atoms in total. The largest absolute Gasteiger partial charge is 0.508 e. The van der Waals surface area contributed by atoms with E-state index in [1.54, 1.807) is 6.07 Å². The molecule has 0 bridgehead atoms. The van der Waals surface area contributed by atoms with Crippen LogP contribution in [0.15, 0.2) is 12.1 Å². The Morgan fingerprint density at radius 2 is 1.81 bits per heavy atom. The van der Waals surface area contributed by atoms with Crippen molar-refractivity contribution in [1.29, 1.82) is 0 Å². The second-order valence-electron chi connectivity index (χ2n) is 4.68. The molecule has 0 aliphatic rings. The van der Waals surface area contributed by atoms with E-state index in [1.807, 2.05) is 20.8 Å². The lowest BCUT2D eigenvalue weighted by Crippen LogP contribution is -2.16. The predicted molar refractivity (Wildman–Crippen MR) is 63.1 cm³/mol. The van der Waals surface area contributed by atoms with Gasteiger partial charge in [0, 0.05) is 11.6 Å². The lowest BCUT2D eigenvalue weighted by atomic mass is 9.80. The Bertz CT molecular complexity index is 419. The van der Waals surface area contributed by atoms with Crippen molar-refractivity contribution in [2.45, 2.75) is 39.5 Å². The Balaban J connectivity index is 3.42. The molecule has 0 aliphatic carbocycles. The van der Waals surface area contributed by atoms with E-state index in [4.69, 9.17) is 0 Å². The maximum atomic E-state index is 11.3. The molecular weight excluding hydrogens is 204 g/mol. The summed E-state index contributed by atoms with van der Waals surface area (Å²) in [5.74, 6) is -0.333. The Hall–Kier alpha value is -1.51. The number of hydrogen-bond acceptors (Lipinski definition) is 3. The van der Waals surface area contributed by atoms with Crippen LogP contribution in [0, 0.1) is 0 Å². The second kappa shape index (κ2) is 4.16. The van der Waals surface area contributed by atoms with Gasteiger partial charge < -0.3 is 10.2 Å². The third-order valence-electron chi connectivity index (χ3n) is 3.11. The molecule has 1 aromatic rings. The van der Waals surface area contributed by atoms with Crippen LogP contribution in [-0.4, -0.2) is 16.0 Å². The average molecular weight is 222 g/mol. The minimum absolute atomic E-state index is 0.0364. The molecule has 88 valence electrons. The lowest BCUT2D eigenvalue weighted by molar-refractivity contribution is 0.101. The fraction of sp³-hybridized carbons (Fsp3) is 0.462. The van der Waals surface area contributed by atoms with Gasteiger partial charge in [0.05, 0.1) is 5.56 Å². The van der Waals surface area contributed by atoms with E-state index >= 15 is 0 Å². The highest BCUT2D eigenvalue weighted by Crippen LogP contribution is 2.37. The zero-order chi connectivity index (χ0) is 12.5. The minimum atomic E-state index is -0.220. The summed E-state index contributed by atoms with van der Waals surface area (Å²) in [6.45, 7) is 7.39. The summed E-state index contributed by atoms with van der Waals surface area (Å²) in [7, 11) is 0. The van der Waals surface area contributed by atoms with Crippen molar-refractivity contribution in [1.82, 2.24) is 0 Å². The zero-order valence-corrected chi connectivity index (χ0v) is 10.2. The van der Waals surface area contributed by atoms with Crippen molar-refractivity contribution >= 4 is 5.78 Å². The maximum Gasteiger partial charge on any atom is 0.163 e. The van der Waals surface area contributed by atoms with Crippen molar-refractivity contribution in [3.63, 3.8) is 0 Å². The van der Waals surface area contributed by atoms with E-state index in [0.29, 0.717) is 5.56 Å². The van der Waals surface area contributed by atoms with Crippen molar-refractivity contribution in [3.8, 4) is 11.5 Å². The number of aromatic hydroxyl groups is 2. The summed E-state index contributed by atoms with van der Waals surface area (Å²) >= 11 is 0. The summed E-state index contributed by atoms with van der Waals surface area (Å²) in [5.41, 5.74) is 0.731. The number of ketones is 1. The number of carbonyl (C=O) groups excluding carboxylic acids is 1. The normalized spacial score (nSPS) is 11.5. The summed E-state index contributed by atoms with van der Waals surface area (Å²) in [4.78, 5) is 11.3. The highest BCUT2D eigenvalue weighted by molar-refractivity contribution is 5.97. The summed E-state index contributed by atoms with van der Waals surface area (Å²) in [6, 6.07) is 2.82. The van der Waals surface area contributed by atoms with E-state index in [1.165, 1.54) is 13.0 Å². The van der Waals surface area contributed by atoms with Crippen molar-refractivity contribution in [2.24, 2.45) is 0 Å². The second-order valence-corrected chi connectivity index (χ2v) is 4.68. The summed E-state index contributed by atoms with van der Waals surface area (Å²) in [5, 5.41) is 19.3. The molecule has 0 radical (unpaired) electrons. The minimum Gasteiger partial charge on any atom is -0.508 e. The van der Waals surface area contributed by atoms with E-state index in [9.17, 15) is 15.0 Å². The van der Waals surface area contributed by atoms with Gasteiger partial charge in [-0.25, -0.2) is 0 Å². The molecule has 0 saturated carbocycles. The Morgan fingerprint density at radius 1 is 1.25 bits per heavy atom. The number of hydrogen-bond donors (Lipinski definition) is 2. The number of phenolic OH excluding ortho intramolecular Hbond substituents is 2. The molecule has 16 heavy (non-hydrogen) atoms.